The van der Waals surface area contributed by atoms with Crippen LogP contribution in [0.5, 0.6) is 0 Å². The fourth-order valence-electron chi connectivity index (χ4n) is 2.57. The van der Waals surface area contributed by atoms with Crippen LogP contribution in [0.2, 0.25) is 0 Å². The molecule has 0 aliphatic rings. The molecular formula is C18H44N2O2. The lowest BCUT2D eigenvalue weighted by molar-refractivity contribution is -0.176. The van der Waals surface area contributed by atoms with E-state index in [2.05, 4.69) is 51.3 Å². The second-order valence-corrected chi connectivity index (χ2v) is 5.68. The molecule has 0 bridgehead atoms. The average Bonchev–Trinajstić information content (AvgIpc) is 2.52. The molecule has 0 spiro atoms. The van der Waals surface area contributed by atoms with Gasteiger partial charge >= 0.3 is 0 Å². The zero-order valence-corrected chi connectivity index (χ0v) is 16.3. The summed E-state index contributed by atoms with van der Waals surface area (Å²) >= 11 is 0. The molecule has 4 nitrogen and oxygen atoms in total. The van der Waals surface area contributed by atoms with Gasteiger partial charge in [0.25, 0.3) is 0 Å². The minimum Gasteiger partial charge on any atom is -0.303 e. The number of nitrogens with zero attached hydrogens (tertiary/aromatic N) is 2. The highest BCUT2D eigenvalue weighted by Gasteiger charge is 1.99. The predicted molar refractivity (Wildman–Crippen MR) is 99.9 cm³/mol. The zero-order chi connectivity index (χ0) is 17.6. The Morgan fingerprint density at radius 3 is 0.636 bits per heavy atom. The van der Waals surface area contributed by atoms with E-state index in [0.717, 1.165) is 0 Å². The Balaban J connectivity index is -0.000000294. The first-order valence-corrected chi connectivity index (χ1v) is 9.34. The van der Waals surface area contributed by atoms with E-state index < -0.39 is 0 Å². The van der Waals surface area contributed by atoms with Gasteiger partial charge in [-0.25, -0.2) is 0 Å². The lowest BCUT2D eigenvalue weighted by Gasteiger charge is -2.19. The Hall–Kier alpha value is -0.160. The fourth-order valence-corrected chi connectivity index (χ4v) is 2.57. The summed E-state index contributed by atoms with van der Waals surface area (Å²) in [7, 11) is 0. The molecule has 2 N–H and O–H groups in total. The van der Waals surface area contributed by atoms with Crippen LogP contribution < -0.4 is 0 Å². The van der Waals surface area contributed by atoms with Crippen molar-refractivity contribution in [2.24, 2.45) is 0 Å². The van der Waals surface area contributed by atoms with Crippen molar-refractivity contribution in [2.45, 2.75) is 80.1 Å². The van der Waals surface area contributed by atoms with E-state index in [9.17, 15) is 0 Å². The molecule has 0 aromatic carbocycles. The van der Waals surface area contributed by atoms with Crippen LogP contribution >= 0.6 is 0 Å². The monoisotopic (exact) mass is 320 g/mol. The quantitative estimate of drug-likeness (QED) is 0.390. The summed E-state index contributed by atoms with van der Waals surface area (Å²) in [5.74, 6) is 0. The van der Waals surface area contributed by atoms with Gasteiger partial charge in [0.05, 0.1) is 0 Å². The van der Waals surface area contributed by atoms with Crippen molar-refractivity contribution in [3.05, 3.63) is 0 Å². The summed E-state index contributed by atoms with van der Waals surface area (Å²) in [5.41, 5.74) is 0. The van der Waals surface area contributed by atoms with Crippen LogP contribution in [0.4, 0.5) is 0 Å². The normalized spacial score (nSPS) is 10.1. The third-order valence-corrected chi connectivity index (χ3v) is 3.24. The zero-order valence-electron chi connectivity index (χ0n) is 16.3. The van der Waals surface area contributed by atoms with Gasteiger partial charge in [-0.3, -0.25) is 10.5 Å². The van der Waals surface area contributed by atoms with Crippen molar-refractivity contribution >= 4 is 0 Å². The first-order chi connectivity index (χ1) is 10.7. The molecule has 0 aliphatic carbocycles. The third-order valence-electron chi connectivity index (χ3n) is 3.24. The largest absolute Gasteiger partial charge is 0.303 e. The van der Waals surface area contributed by atoms with Gasteiger partial charge in [0.1, 0.15) is 0 Å². The molecule has 0 saturated carbocycles. The van der Waals surface area contributed by atoms with E-state index in [4.69, 9.17) is 10.5 Å². The van der Waals surface area contributed by atoms with Gasteiger partial charge in [-0.05, 0) is 77.8 Å². The van der Waals surface area contributed by atoms with Gasteiger partial charge in [0.15, 0.2) is 0 Å². The van der Waals surface area contributed by atoms with E-state index in [-0.39, 0.29) is 0 Å². The fraction of sp³-hybridized carbons (Fsp3) is 1.00. The molecule has 0 radical (unpaired) electrons. The molecule has 0 saturated heterocycles. The molecule has 0 aromatic rings. The molecule has 0 rings (SSSR count). The molecule has 4 heteroatoms. The maximum absolute atomic E-state index is 6.00. The van der Waals surface area contributed by atoms with Crippen LogP contribution in [0.3, 0.4) is 0 Å². The molecule has 0 fully saturated rings. The van der Waals surface area contributed by atoms with Crippen LogP contribution in [-0.2, 0) is 0 Å². The van der Waals surface area contributed by atoms with Crippen LogP contribution in [-0.4, -0.2) is 59.6 Å². The highest BCUT2D eigenvalue weighted by Crippen LogP contribution is 1.95. The SMILES string of the molecule is CCCN(CCC)CCC.CCCN(CCC)CCC.OO. The second kappa shape index (κ2) is 25.8. The van der Waals surface area contributed by atoms with E-state index in [1.807, 2.05) is 0 Å². The minimum atomic E-state index is 1.28. The lowest BCUT2D eigenvalue weighted by Crippen LogP contribution is -2.26. The Morgan fingerprint density at radius 1 is 0.409 bits per heavy atom. The van der Waals surface area contributed by atoms with E-state index in [1.165, 1.54) is 77.8 Å². The van der Waals surface area contributed by atoms with Crippen LogP contribution in [0.15, 0.2) is 0 Å². The van der Waals surface area contributed by atoms with Crippen LogP contribution in [0.1, 0.15) is 80.1 Å². The van der Waals surface area contributed by atoms with Gasteiger partial charge < -0.3 is 9.80 Å². The van der Waals surface area contributed by atoms with Gasteiger partial charge in [-0.2, -0.15) is 0 Å². The summed E-state index contributed by atoms with van der Waals surface area (Å²) in [6, 6.07) is 0. The van der Waals surface area contributed by atoms with Gasteiger partial charge in [0.2, 0.25) is 0 Å². The predicted octanol–water partition coefficient (Wildman–Crippen LogP) is 5.05. The van der Waals surface area contributed by atoms with E-state index >= 15 is 0 Å². The standard InChI is InChI=1S/2C9H21N.H2O2/c2*1-4-7-10(8-5-2)9-6-3;1-2/h2*4-9H2,1-3H3;1-2H. The van der Waals surface area contributed by atoms with Crippen molar-refractivity contribution in [2.75, 3.05) is 39.3 Å². The molecule has 138 valence electrons. The minimum absolute atomic E-state index is 1.28. The Labute approximate surface area is 140 Å². The Bertz CT molecular complexity index is 123. The second-order valence-electron chi connectivity index (χ2n) is 5.68. The molecule has 0 unspecified atom stereocenters. The van der Waals surface area contributed by atoms with Crippen molar-refractivity contribution in [1.82, 2.24) is 9.80 Å². The van der Waals surface area contributed by atoms with Crippen molar-refractivity contribution < 1.29 is 10.5 Å². The number of hydrogen-bond acceptors (Lipinski definition) is 4. The molecule has 0 aliphatic heterocycles. The summed E-state index contributed by atoms with van der Waals surface area (Å²) in [6.45, 7) is 21.2. The van der Waals surface area contributed by atoms with Gasteiger partial charge in [-0.15, -0.1) is 0 Å². The molecule has 0 heterocycles. The number of hydrogen-bond donors (Lipinski definition) is 2. The summed E-state index contributed by atoms with van der Waals surface area (Å²) in [4.78, 5) is 5.08. The smallest absolute Gasteiger partial charge is 0.00214 e. The first kappa shape index (κ1) is 26.7. The summed E-state index contributed by atoms with van der Waals surface area (Å²) in [5, 5.41) is 12.0. The third kappa shape index (κ3) is 22.1. The van der Waals surface area contributed by atoms with Gasteiger partial charge in [0, 0.05) is 0 Å². The van der Waals surface area contributed by atoms with Gasteiger partial charge in [-0.1, -0.05) is 41.5 Å². The molecule has 0 aromatic heterocycles. The van der Waals surface area contributed by atoms with Crippen molar-refractivity contribution in [1.29, 1.82) is 0 Å². The number of rotatable bonds is 12. The highest BCUT2D eigenvalue weighted by atomic mass is 17.0. The lowest BCUT2D eigenvalue weighted by atomic mass is 10.3. The van der Waals surface area contributed by atoms with Crippen LogP contribution in [0.25, 0.3) is 0 Å². The topological polar surface area (TPSA) is 46.9 Å². The van der Waals surface area contributed by atoms with Crippen molar-refractivity contribution in [3.63, 3.8) is 0 Å². The molecule has 0 atom stereocenters. The molecular weight excluding hydrogens is 276 g/mol. The molecule has 0 amide bonds. The van der Waals surface area contributed by atoms with Crippen LogP contribution in [0, 0.1) is 0 Å². The molecule has 22 heavy (non-hydrogen) atoms. The summed E-state index contributed by atoms with van der Waals surface area (Å²) < 4.78 is 0. The maximum atomic E-state index is 6.00. The highest BCUT2D eigenvalue weighted by molar-refractivity contribution is 4.54. The van der Waals surface area contributed by atoms with E-state index in [1.54, 1.807) is 0 Å². The van der Waals surface area contributed by atoms with E-state index in [0.29, 0.717) is 0 Å². The maximum Gasteiger partial charge on any atom is -0.00214 e. The summed E-state index contributed by atoms with van der Waals surface area (Å²) in [6.07, 6.45) is 7.75. The average molecular weight is 321 g/mol. The van der Waals surface area contributed by atoms with Crippen molar-refractivity contribution in [3.8, 4) is 0 Å². The Morgan fingerprint density at radius 2 is 0.545 bits per heavy atom. The Kier molecular flexibility index (Phi) is 31.3. The first-order valence-electron chi connectivity index (χ1n) is 9.34.